The van der Waals surface area contributed by atoms with Crippen LogP contribution in [-0.4, -0.2) is 36.8 Å². The molecule has 7 nitrogen and oxygen atoms in total. The third-order valence-corrected chi connectivity index (χ3v) is 11.2. The first kappa shape index (κ1) is 25.1. The summed E-state index contributed by atoms with van der Waals surface area (Å²) in [6.45, 7) is 5.87. The normalized spacial score (nSPS) is 42.6. The first-order chi connectivity index (χ1) is 16.7. The van der Waals surface area contributed by atoms with E-state index < -0.39 is 5.60 Å². The molecule has 8 unspecified atom stereocenters. The van der Waals surface area contributed by atoms with Crippen LogP contribution in [0.1, 0.15) is 71.6 Å². The summed E-state index contributed by atoms with van der Waals surface area (Å²) in [5, 5.41) is 13.1. The molecule has 4 saturated carbocycles. The van der Waals surface area contributed by atoms with Crippen molar-refractivity contribution >= 4 is 17.2 Å². The van der Waals surface area contributed by atoms with E-state index in [4.69, 9.17) is 10.6 Å². The maximum atomic E-state index is 13.5. The fraction of sp³-hybridized carbons (Fsp3) is 0.786. The fourth-order valence-electron chi connectivity index (χ4n) is 9.35. The van der Waals surface area contributed by atoms with Gasteiger partial charge in [-0.2, -0.15) is 0 Å². The Morgan fingerprint density at radius 1 is 1.17 bits per heavy atom. The van der Waals surface area contributed by atoms with Gasteiger partial charge in [-0.25, -0.2) is 4.98 Å². The number of anilines is 1. The second-order valence-electron chi connectivity index (χ2n) is 12.7. The van der Waals surface area contributed by atoms with Crippen molar-refractivity contribution in [2.24, 2.45) is 46.3 Å². The zero-order valence-electron chi connectivity index (χ0n) is 21.8. The van der Waals surface area contributed by atoms with Gasteiger partial charge in [0.2, 0.25) is 11.9 Å². The number of quaternary nitrogens is 1. The Morgan fingerprint density at radius 2 is 1.97 bits per heavy atom. The topological polar surface area (TPSA) is 115 Å². The van der Waals surface area contributed by atoms with E-state index in [0.29, 0.717) is 36.2 Å². The van der Waals surface area contributed by atoms with Gasteiger partial charge in [0, 0.05) is 19.1 Å². The number of hydrogen-bond acceptors (Lipinski definition) is 5. The lowest BCUT2D eigenvalue weighted by Gasteiger charge is -2.62. The van der Waals surface area contributed by atoms with Gasteiger partial charge in [-0.3, -0.25) is 10.6 Å². The number of rotatable bonds is 7. The molecule has 35 heavy (non-hydrogen) atoms. The standard InChI is InChI=1S/C28H44N4O3/c1-26-11-12-28(34,17-35-3)14-18(26)4-5-19-20-6-7-22(27(20,2)10-8-21(19)26)25(33)16-31-24-15-30-13-9-23(24)32-29/h9,13,15,18-22,31,34H,4-8,10-12,14,16-17,29H2,1-3H3,(H,30,32)/p+2. The van der Waals surface area contributed by atoms with Gasteiger partial charge in [0.1, 0.15) is 12.2 Å². The van der Waals surface area contributed by atoms with Crippen molar-refractivity contribution in [1.29, 1.82) is 0 Å². The minimum absolute atomic E-state index is 0.124. The number of nitrogens with one attached hydrogen (secondary N) is 2. The maximum Gasteiger partial charge on any atom is 0.230 e. The van der Waals surface area contributed by atoms with E-state index in [1.54, 1.807) is 7.11 Å². The van der Waals surface area contributed by atoms with Crippen LogP contribution in [0, 0.1) is 40.4 Å². The van der Waals surface area contributed by atoms with Gasteiger partial charge < -0.3 is 20.6 Å². The van der Waals surface area contributed by atoms with Gasteiger partial charge in [-0.05, 0) is 92.3 Å². The molecule has 4 fully saturated rings. The highest BCUT2D eigenvalue weighted by molar-refractivity contribution is 5.83. The fourth-order valence-corrected chi connectivity index (χ4v) is 9.35. The Balaban J connectivity index is 1.27. The summed E-state index contributed by atoms with van der Waals surface area (Å²) in [5.74, 6) is 8.89. The Bertz CT molecular complexity index is 943. The number of pyridine rings is 1. The van der Waals surface area contributed by atoms with E-state index in [-0.39, 0.29) is 11.3 Å². The van der Waals surface area contributed by atoms with E-state index >= 15 is 0 Å². The van der Waals surface area contributed by atoms with Crippen LogP contribution in [0.4, 0.5) is 11.4 Å². The molecule has 0 aliphatic heterocycles. The number of nitrogen functional groups attached to an aromatic ring is 1. The highest BCUT2D eigenvalue weighted by atomic mass is 16.5. The minimum Gasteiger partial charge on any atom is -0.387 e. The second-order valence-corrected chi connectivity index (χ2v) is 12.7. The Kier molecular flexibility index (Phi) is 6.75. The number of Topliss-reactive ketones (excluding diaryl/α,β-unsaturated/α-hetero) is 1. The molecule has 8 atom stereocenters. The summed E-state index contributed by atoms with van der Waals surface area (Å²) >= 11 is 0. The SMILES string of the molecule is COCC1(O)CCC2(C)C(CCC3C2CCC2(C)C(C(=O)C[NH2+]c4c[nH+]ccc4NN)CCC32)C1. The van der Waals surface area contributed by atoms with Crippen molar-refractivity contribution in [3.63, 3.8) is 0 Å². The van der Waals surface area contributed by atoms with E-state index in [0.717, 1.165) is 55.3 Å². The molecule has 4 aliphatic carbocycles. The molecule has 7 heteroatoms. The molecule has 0 spiro atoms. The summed E-state index contributed by atoms with van der Waals surface area (Å²) in [6.07, 6.45) is 13.6. The van der Waals surface area contributed by atoms with Crippen LogP contribution in [0.3, 0.4) is 0 Å². The number of carbonyl (C=O) groups is 1. The molecule has 7 N–H and O–H groups in total. The van der Waals surface area contributed by atoms with Crippen LogP contribution in [0.5, 0.6) is 0 Å². The number of ether oxygens (including phenoxy) is 1. The van der Waals surface area contributed by atoms with Gasteiger partial charge in [-0.15, -0.1) is 0 Å². The van der Waals surface area contributed by atoms with Crippen LogP contribution < -0.4 is 21.6 Å². The molecule has 0 radical (unpaired) electrons. The number of hydrogen-bond donors (Lipinski definition) is 4. The Morgan fingerprint density at radius 3 is 2.74 bits per heavy atom. The maximum absolute atomic E-state index is 13.5. The van der Waals surface area contributed by atoms with Gasteiger partial charge >= 0.3 is 0 Å². The van der Waals surface area contributed by atoms with Crippen molar-refractivity contribution in [2.45, 2.75) is 77.2 Å². The quantitative estimate of drug-likeness (QED) is 0.349. The van der Waals surface area contributed by atoms with Crippen LogP contribution in [-0.2, 0) is 9.53 Å². The molecule has 0 bridgehead atoms. The average Bonchev–Trinajstić information content (AvgIpc) is 3.20. The number of aliphatic hydroxyl groups is 1. The molecular weight excluding hydrogens is 440 g/mol. The van der Waals surface area contributed by atoms with Crippen LogP contribution in [0.25, 0.3) is 0 Å². The van der Waals surface area contributed by atoms with Crippen molar-refractivity contribution in [3.8, 4) is 0 Å². The van der Waals surface area contributed by atoms with Crippen LogP contribution >= 0.6 is 0 Å². The number of nitrogens with two attached hydrogens (primary N) is 2. The number of fused-ring (bicyclic) bond motifs is 5. The van der Waals surface area contributed by atoms with Crippen LogP contribution in [0.15, 0.2) is 18.5 Å². The molecule has 0 aromatic carbocycles. The number of carbonyl (C=O) groups excluding carboxylic acids is 1. The van der Waals surface area contributed by atoms with E-state index in [9.17, 15) is 9.90 Å². The van der Waals surface area contributed by atoms with Crippen LogP contribution in [0.2, 0.25) is 0 Å². The lowest BCUT2D eigenvalue weighted by atomic mass is 9.44. The summed E-state index contributed by atoms with van der Waals surface area (Å²) < 4.78 is 5.37. The van der Waals surface area contributed by atoms with E-state index in [1.165, 1.54) is 25.7 Å². The summed E-state index contributed by atoms with van der Waals surface area (Å²) in [7, 11) is 1.70. The molecule has 1 aromatic rings. The summed E-state index contributed by atoms with van der Waals surface area (Å²) in [5.41, 5.74) is 4.30. The number of methoxy groups -OCH3 is 1. The number of aromatic nitrogens is 1. The van der Waals surface area contributed by atoms with Crippen molar-refractivity contribution < 1.29 is 24.9 Å². The molecule has 5 rings (SSSR count). The number of hydrazine groups is 1. The first-order valence-electron chi connectivity index (χ1n) is 13.8. The highest BCUT2D eigenvalue weighted by Gasteiger charge is 2.62. The summed E-state index contributed by atoms with van der Waals surface area (Å²) in [6, 6.07) is 1.89. The second kappa shape index (κ2) is 9.40. The third-order valence-electron chi connectivity index (χ3n) is 11.2. The number of H-pyrrole nitrogens is 1. The first-order valence-corrected chi connectivity index (χ1v) is 13.8. The van der Waals surface area contributed by atoms with E-state index in [1.807, 2.05) is 23.8 Å². The molecule has 0 amide bonds. The highest BCUT2D eigenvalue weighted by Crippen LogP contribution is 2.68. The van der Waals surface area contributed by atoms with Gasteiger partial charge in [-0.1, -0.05) is 13.8 Å². The monoisotopic (exact) mass is 486 g/mol. The lowest BCUT2D eigenvalue weighted by Crippen LogP contribution is -2.81. The summed E-state index contributed by atoms with van der Waals surface area (Å²) in [4.78, 5) is 16.6. The zero-order chi connectivity index (χ0) is 24.8. The predicted molar refractivity (Wildman–Crippen MR) is 134 cm³/mol. The molecule has 1 heterocycles. The average molecular weight is 487 g/mol. The molecule has 1 aromatic heterocycles. The van der Waals surface area contributed by atoms with Gasteiger partial charge in [0.15, 0.2) is 12.0 Å². The predicted octanol–water partition coefficient (Wildman–Crippen LogP) is 2.59. The lowest BCUT2D eigenvalue weighted by molar-refractivity contribution is -0.565. The molecule has 194 valence electrons. The smallest absolute Gasteiger partial charge is 0.230 e. The number of aromatic amines is 1. The van der Waals surface area contributed by atoms with Crippen molar-refractivity contribution in [2.75, 3.05) is 25.7 Å². The molecule has 0 saturated heterocycles. The van der Waals surface area contributed by atoms with Crippen molar-refractivity contribution in [1.82, 2.24) is 0 Å². The Hall–Kier alpha value is -1.54. The third kappa shape index (κ3) is 4.22. The zero-order valence-corrected chi connectivity index (χ0v) is 21.8. The Labute approximate surface area is 210 Å². The molecular formula is C28H46N4O3+2. The molecule has 4 aliphatic rings. The van der Waals surface area contributed by atoms with Gasteiger partial charge in [0.25, 0.3) is 0 Å². The van der Waals surface area contributed by atoms with Gasteiger partial charge in [0.05, 0.1) is 12.2 Å². The minimum atomic E-state index is -0.647. The van der Waals surface area contributed by atoms with Crippen molar-refractivity contribution in [3.05, 3.63) is 18.5 Å². The van der Waals surface area contributed by atoms with E-state index in [2.05, 4.69) is 24.3 Å². The largest absolute Gasteiger partial charge is 0.387 e. The number of ketones is 1.